The number of fused-ring (bicyclic) bond motifs is 1. The van der Waals surface area contributed by atoms with Gasteiger partial charge in [-0.2, -0.15) is 0 Å². The molecule has 0 aliphatic carbocycles. The normalized spacial score (nSPS) is 13.1. The number of imidazole rings is 1. The lowest BCUT2D eigenvalue weighted by molar-refractivity contribution is -0.134. The fourth-order valence-corrected chi connectivity index (χ4v) is 6.39. The number of hydrogen-bond acceptors (Lipinski definition) is 7. The van der Waals surface area contributed by atoms with Gasteiger partial charge in [-0.05, 0) is 42.0 Å². The SMILES string of the molecule is NC(=O)[C@H](Cc1c[nH]c2ccccc12)NC(=O)[C@H](CCCN=C(N)N)NC(=O)[C@H](Cc1ccccc1)NC(=O)[C@H](Cc1cnc[nH]1)NC(=O)CCc1ccccc1. The second kappa shape index (κ2) is 20.6. The maximum atomic E-state index is 14.2. The molecule has 2 heterocycles. The highest BCUT2D eigenvalue weighted by molar-refractivity contribution is 5.96. The molecule has 0 aliphatic heterocycles. The monoisotopic (exact) mass is 775 g/mol. The number of nitrogens with one attached hydrogen (secondary N) is 6. The quantitative estimate of drug-likeness (QED) is 0.0295. The number of aromatic amines is 2. The molecule has 5 amide bonds. The zero-order valence-corrected chi connectivity index (χ0v) is 31.4. The van der Waals surface area contributed by atoms with Gasteiger partial charge in [-0.1, -0.05) is 78.9 Å². The summed E-state index contributed by atoms with van der Waals surface area (Å²) in [5.74, 6) is -3.19. The number of guanidine groups is 1. The standard InChI is InChI=1S/C41H49N11O5/c42-37(54)33(21-28-23-47-31-15-8-7-14-30(28)31)51-38(55)32(16-9-19-46-41(43)44)50-39(56)34(20-27-12-5-2-6-13-27)52-40(57)35(22-29-24-45-25-48-29)49-36(53)18-17-26-10-3-1-4-11-26/h1-8,10-15,23-25,32-35,47H,9,16-22H2,(H2,42,54)(H,45,48)(H,49,53)(H,50,56)(H,51,55)(H,52,57)(H4,43,44,46)/t32-,33-,34-,35-/m0/s1. The Morgan fingerprint density at radius 3 is 1.95 bits per heavy atom. The molecule has 16 nitrogen and oxygen atoms in total. The van der Waals surface area contributed by atoms with E-state index >= 15 is 0 Å². The Kier molecular flexibility index (Phi) is 14.9. The number of carbonyl (C=O) groups is 5. The van der Waals surface area contributed by atoms with E-state index in [1.807, 2.05) is 72.8 Å². The summed E-state index contributed by atoms with van der Waals surface area (Å²) in [5.41, 5.74) is 20.7. The van der Waals surface area contributed by atoms with Crippen molar-refractivity contribution in [2.75, 3.05) is 6.54 Å². The average molecular weight is 776 g/mol. The number of carbonyl (C=O) groups excluding carboxylic acids is 5. The Labute approximate surface area is 329 Å². The van der Waals surface area contributed by atoms with Crippen molar-refractivity contribution in [1.82, 2.24) is 36.2 Å². The van der Waals surface area contributed by atoms with Crippen molar-refractivity contribution in [2.24, 2.45) is 22.2 Å². The van der Waals surface area contributed by atoms with Gasteiger partial charge in [0, 0.05) is 61.2 Å². The Morgan fingerprint density at radius 2 is 1.28 bits per heavy atom. The van der Waals surface area contributed by atoms with Crippen molar-refractivity contribution in [3.05, 3.63) is 126 Å². The number of amides is 5. The summed E-state index contributed by atoms with van der Waals surface area (Å²) < 4.78 is 0. The molecule has 0 aliphatic rings. The molecule has 0 spiro atoms. The number of para-hydroxylation sites is 1. The van der Waals surface area contributed by atoms with Crippen LogP contribution >= 0.6 is 0 Å². The van der Waals surface area contributed by atoms with Crippen molar-refractivity contribution in [3.8, 4) is 0 Å². The molecule has 16 heteroatoms. The third-order valence-electron chi connectivity index (χ3n) is 9.37. The van der Waals surface area contributed by atoms with E-state index in [4.69, 9.17) is 17.2 Å². The third-order valence-corrected chi connectivity index (χ3v) is 9.37. The number of nitrogens with zero attached hydrogens (tertiary/aromatic N) is 2. The summed E-state index contributed by atoms with van der Waals surface area (Å²) in [5, 5.41) is 12.0. The number of hydrogen-bond donors (Lipinski definition) is 9. The minimum absolute atomic E-state index is 0.0595. The van der Waals surface area contributed by atoms with Gasteiger partial charge < -0.3 is 48.4 Å². The molecule has 0 saturated carbocycles. The number of primary amides is 1. The van der Waals surface area contributed by atoms with Crippen molar-refractivity contribution >= 4 is 46.4 Å². The lowest BCUT2D eigenvalue weighted by atomic mass is 10.0. The summed E-state index contributed by atoms with van der Waals surface area (Å²) in [6.45, 7) is 0.167. The highest BCUT2D eigenvalue weighted by Crippen LogP contribution is 2.19. The van der Waals surface area contributed by atoms with E-state index in [0.29, 0.717) is 12.1 Å². The molecule has 5 rings (SSSR count). The maximum Gasteiger partial charge on any atom is 0.243 e. The predicted molar refractivity (Wildman–Crippen MR) is 216 cm³/mol. The first-order valence-electron chi connectivity index (χ1n) is 18.7. The average Bonchev–Trinajstić information content (AvgIpc) is 3.88. The van der Waals surface area contributed by atoms with Crippen LogP contribution in [0.1, 0.15) is 41.6 Å². The summed E-state index contributed by atoms with van der Waals surface area (Å²) in [6.07, 6.45) is 5.97. The number of benzene rings is 3. The minimum Gasteiger partial charge on any atom is -0.370 e. The number of H-pyrrole nitrogens is 2. The van der Waals surface area contributed by atoms with Gasteiger partial charge in [0.2, 0.25) is 29.5 Å². The van der Waals surface area contributed by atoms with Crippen molar-refractivity contribution in [2.45, 2.75) is 69.1 Å². The van der Waals surface area contributed by atoms with E-state index in [1.165, 1.54) is 6.33 Å². The molecule has 2 aromatic heterocycles. The molecule has 0 fully saturated rings. The topological polar surface area (TPSA) is 268 Å². The van der Waals surface area contributed by atoms with Crippen LogP contribution in [-0.2, 0) is 49.7 Å². The molecule has 5 aromatic rings. The van der Waals surface area contributed by atoms with E-state index in [1.54, 1.807) is 24.5 Å². The van der Waals surface area contributed by atoms with Gasteiger partial charge in [-0.25, -0.2) is 4.98 Å². The number of rotatable bonds is 21. The Bertz CT molecular complexity index is 2120. The molecule has 0 unspecified atom stereocenters. The number of aromatic nitrogens is 3. The molecular weight excluding hydrogens is 727 g/mol. The van der Waals surface area contributed by atoms with Crippen molar-refractivity contribution in [1.29, 1.82) is 0 Å². The summed E-state index contributed by atoms with van der Waals surface area (Å²) in [7, 11) is 0. The maximum absolute atomic E-state index is 14.2. The van der Waals surface area contributed by atoms with E-state index in [9.17, 15) is 24.0 Å². The van der Waals surface area contributed by atoms with E-state index in [0.717, 1.165) is 27.6 Å². The number of nitrogens with two attached hydrogens (primary N) is 3. The molecule has 57 heavy (non-hydrogen) atoms. The lowest BCUT2D eigenvalue weighted by Gasteiger charge is -2.26. The highest BCUT2D eigenvalue weighted by atomic mass is 16.2. The Morgan fingerprint density at radius 1 is 0.667 bits per heavy atom. The highest BCUT2D eigenvalue weighted by Gasteiger charge is 2.32. The van der Waals surface area contributed by atoms with Crippen LogP contribution in [0.2, 0.25) is 0 Å². The first-order chi connectivity index (χ1) is 27.5. The van der Waals surface area contributed by atoms with Crippen LogP contribution < -0.4 is 38.5 Å². The van der Waals surface area contributed by atoms with Gasteiger partial charge in [0.05, 0.1) is 6.33 Å². The smallest absolute Gasteiger partial charge is 0.243 e. The van der Waals surface area contributed by atoms with Gasteiger partial charge in [-0.3, -0.25) is 29.0 Å². The summed E-state index contributed by atoms with van der Waals surface area (Å²) in [6, 6.07) is 21.5. The fraction of sp³-hybridized carbons (Fsp3) is 0.293. The first kappa shape index (κ1) is 41.2. The molecule has 0 radical (unpaired) electrons. The van der Waals surface area contributed by atoms with Crippen LogP contribution in [0.15, 0.2) is 109 Å². The van der Waals surface area contributed by atoms with E-state index in [-0.39, 0.29) is 56.9 Å². The molecular formula is C41H49N11O5. The van der Waals surface area contributed by atoms with Crippen LogP contribution in [0.4, 0.5) is 0 Å². The van der Waals surface area contributed by atoms with Crippen molar-refractivity contribution in [3.63, 3.8) is 0 Å². The lowest BCUT2D eigenvalue weighted by Crippen LogP contribution is -2.59. The second-order valence-electron chi connectivity index (χ2n) is 13.7. The zero-order chi connectivity index (χ0) is 40.6. The van der Waals surface area contributed by atoms with Gasteiger partial charge in [-0.15, -0.1) is 0 Å². The van der Waals surface area contributed by atoms with Gasteiger partial charge in [0.15, 0.2) is 5.96 Å². The predicted octanol–water partition coefficient (Wildman–Crippen LogP) is 1.03. The van der Waals surface area contributed by atoms with E-state index < -0.39 is 47.8 Å². The zero-order valence-electron chi connectivity index (χ0n) is 31.4. The van der Waals surface area contributed by atoms with Crippen LogP contribution in [0.25, 0.3) is 10.9 Å². The minimum atomic E-state index is -1.18. The van der Waals surface area contributed by atoms with Gasteiger partial charge >= 0.3 is 0 Å². The van der Waals surface area contributed by atoms with Crippen molar-refractivity contribution < 1.29 is 24.0 Å². The van der Waals surface area contributed by atoms with Crippen LogP contribution in [0.5, 0.6) is 0 Å². The second-order valence-corrected chi connectivity index (χ2v) is 13.7. The Hall–Kier alpha value is -6.97. The molecule has 12 N–H and O–H groups in total. The fourth-order valence-electron chi connectivity index (χ4n) is 6.39. The van der Waals surface area contributed by atoms with Crippen LogP contribution in [0, 0.1) is 0 Å². The molecule has 3 aromatic carbocycles. The summed E-state index contributed by atoms with van der Waals surface area (Å²) in [4.78, 5) is 82.1. The number of aryl methyl sites for hydroxylation is 1. The molecule has 0 saturated heterocycles. The molecule has 0 bridgehead atoms. The first-order valence-corrected chi connectivity index (χ1v) is 18.7. The van der Waals surface area contributed by atoms with Crippen LogP contribution in [0.3, 0.4) is 0 Å². The Balaban J connectivity index is 1.34. The molecule has 298 valence electrons. The third kappa shape index (κ3) is 12.8. The molecule has 4 atom stereocenters. The van der Waals surface area contributed by atoms with E-state index in [2.05, 4.69) is 41.2 Å². The number of aliphatic imine (C=N–C) groups is 1. The van der Waals surface area contributed by atoms with Gasteiger partial charge in [0.25, 0.3) is 0 Å². The van der Waals surface area contributed by atoms with Gasteiger partial charge in [0.1, 0.15) is 24.2 Å². The van der Waals surface area contributed by atoms with Crippen LogP contribution in [-0.4, -0.2) is 81.2 Å². The largest absolute Gasteiger partial charge is 0.370 e. The summed E-state index contributed by atoms with van der Waals surface area (Å²) >= 11 is 0.